The number of nitrogens with zero attached hydrogens (tertiary/aromatic N) is 3. The quantitative estimate of drug-likeness (QED) is 0.796. The van der Waals surface area contributed by atoms with Gasteiger partial charge in [-0.05, 0) is 42.4 Å². The molecule has 0 unspecified atom stereocenters. The van der Waals surface area contributed by atoms with Crippen LogP contribution in [-0.2, 0) is 13.1 Å². The van der Waals surface area contributed by atoms with Crippen LogP contribution in [0.2, 0.25) is 10.0 Å². The first-order valence-corrected chi connectivity index (χ1v) is 9.56. The molecular weight excluding hydrogens is 369 g/mol. The highest BCUT2D eigenvalue weighted by atomic mass is 35.5. The van der Waals surface area contributed by atoms with Crippen LogP contribution in [0.15, 0.2) is 36.4 Å². The van der Waals surface area contributed by atoms with Gasteiger partial charge in [0.1, 0.15) is 0 Å². The molecule has 4 nitrogen and oxygen atoms in total. The Morgan fingerprint density at radius 1 is 1.00 bits per heavy atom. The first-order valence-electron chi connectivity index (χ1n) is 8.81. The van der Waals surface area contributed by atoms with Crippen LogP contribution in [0.1, 0.15) is 21.5 Å². The summed E-state index contributed by atoms with van der Waals surface area (Å²) in [7, 11) is 2.14. The predicted octanol–water partition coefficient (Wildman–Crippen LogP) is 3.90. The third-order valence-electron chi connectivity index (χ3n) is 5.17. The second-order valence-electron chi connectivity index (χ2n) is 7.04. The zero-order valence-corrected chi connectivity index (χ0v) is 16.2. The number of likely N-dealkylation sites (N-methyl/N-ethyl adjacent to an activating group) is 1. The van der Waals surface area contributed by atoms with E-state index in [1.54, 1.807) is 0 Å². The number of rotatable bonds is 3. The summed E-state index contributed by atoms with van der Waals surface area (Å²) >= 11 is 12.4. The molecule has 1 fully saturated rings. The first-order chi connectivity index (χ1) is 12.5. The fourth-order valence-corrected chi connectivity index (χ4v) is 4.07. The van der Waals surface area contributed by atoms with Crippen molar-refractivity contribution in [3.63, 3.8) is 0 Å². The van der Waals surface area contributed by atoms with Gasteiger partial charge in [-0.3, -0.25) is 4.79 Å². The number of piperazine rings is 1. The second-order valence-corrected chi connectivity index (χ2v) is 7.88. The molecule has 4 rings (SSSR count). The first kappa shape index (κ1) is 17.7. The van der Waals surface area contributed by atoms with Gasteiger partial charge in [-0.15, -0.1) is 0 Å². The van der Waals surface area contributed by atoms with Crippen molar-refractivity contribution < 1.29 is 4.79 Å². The van der Waals surface area contributed by atoms with E-state index in [4.69, 9.17) is 23.2 Å². The van der Waals surface area contributed by atoms with Gasteiger partial charge in [0.25, 0.3) is 5.91 Å². The summed E-state index contributed by atoms with van der Waals surface area (Å²) < 4.78 is 0. The van der Waals surface area contributed by atoms with Crippen LogP contribution in [0.4, 0.5) is 5.69 Å². The van der Waals surface area contributed by atoms with E-state index in [1.165, 1.54) is 0 Å². The lowest BCUT2D eigenvalue weighted by molar-refractivity contribution is 0.0767. The zero-order chi connectivity index (χ0) is 18.3. The van der Waals surface area contributed by atoms with Crippen molar-refractivity contribution in [2.75, 3.05) is 38.1 Å². The molecule has 2 aliphatic heterocycles. The Morgan fingerprint density at radius 3 is 2.38 bits per heavy atom. The maximum absolute atomic E-state index is 12.8. The summed E-state index contributed by atoms with van der Waals surface area (Å²) in [5.41, 5.74) is 3.85. The summed E-state index contributed by atoms with van der Waals surface area (Å²) in [6.45, 7) is 5.19. The highest BCUT2D eigenvalue weighted by molar-refractivity contribution is 6.34. The van der Waals surface area contributed by atoms with Crippen molar-refractivity contribution >= 4 is 34.8 Å². The Kier molecular flexibility index (Phi) is 4.82. The molecule has 1 saturated heterocycles. The topological polar surface area (TPSA) is 26.8 Å². The zero-order valence-electron chi connectivity index (χ0n) is 14.7. The highest BCUT2D eigenvalue weighted by Gasteiger charge is 2.31. The Bertz CT molecular complexity index is 830. The molecular formula is C20H21Cl2N3O. The molecule has 0 aromatic heterocycles. The normalized spacial score (nSPS) is 17.7. The molecule has 0 saturated carbocycles. The van der Waals surface area contributed by atoms with E-state index >= 15 is 0 Å². The van der Waals surface area contributed by atoms with Gasteiger partial charge >= 0.3 is 0 Å². The summed E-state index contributed by atoms with van der Waals surface area (Å²) in [4.78, 5) is 19.3. The van der Waals surface area contributed by atoms with E-state index in [0.29, 0.717) is 28.7 Å². The van der Waals surface area contributed by atoms with Gasteiger partial charge in [0.05, 0.1) is 10.6 Å². The van der Waals surface area contributed by atoms with Crippen LogP contribution in [0.25, 0.3) is 0 Å². The minimum absolute atomic E-state index is 0.00452. The van der Waals surface area contributed by atoms with Crippen LogP contribution < -0.4 is 4.90 Å². The number of hydrogen-bond acceptors (Lipinski definition) is 3. The van der Waals surface area contributed by atoms with Crippen molar-refractivity contribution in [3.05, 3.63) is 63.1 Å². The molecule has 0 N–H and O–H groups in total. The molecule has 2 heterocycles. The molecule has 0 spiro atoms. The van der Waals surface area contributed by atoms with Crippen molar-refractivity contribution in [1.29, 1.82) is 0 Å². The molecule has 0 bridgehead atoms. The molecule has 2 aliphatic rings. The summed E-state index contributed by atoms with van der Waals surface area (Å²) in [6, 6.07) is 11.7. The van der Waals surface area contributed by atoms with Crippen LogP contribution in [-0.4, -0.2) is 48.9 Å². The fraction of sp³-hybridized carbons (Fsp3) is 0.350. The number of fused-ring (bicyclic) bond motifs is 1. The molecule has 1 amide bonds. The molecule has 136 valence electrons. The predicted molar refractivity (Wildman–Crippen MR) is 106 cm³/mol. The monoisotopic (exact) mass is 389 g/mol. The SMILES string of the molecule is CN1CCN(c2cc(Cl)c3c(c2)CN(Cc2ccc(Cl)cc2)C3=O)CC1. The Labute approximate surface area is 163 Å². The van der Waals surface area contributed by atoms with E-state index in [2.05, 4.69) is 22.9 Å². The number of carbonyl (C=O) groups excluding carboxylic acids is 1. The number of benzene rings is 2. The molecule has 0 radical (unpaired) electrons. The molecule has 6 heteroatoms. The minimum atomic E-state index is 0.00452. The third-order valence-corrected chi connectivity index (χ3v) is 5.72. The number of halogens is 2. The smallest absolute Gasteiger partial charge is 0.256 e. The fourth-order valence-electron chi connectivity index (χ4n) is 3.63. The van der Waals surface area contributed by atoms with Crippen molar-refractivity contribution in [1.82, 2.24) is 9.80 Å². The van der Waals surface area contributed by atoms with Crippen LogP contribution in [0.3, 0.4) is 0 Å². The lowest BCUT2D eigenvalue weighted by Crippen LogP contribution is -2.44. The average Bonchev–Trinajstić information content (AvgIpc) is 2.93. The maximum Gasteiger partial charge on any atom is 0.256 e. The van der Waals surface area contributed by atoms with E-state index in [0.717, 1.165) is 43.0 Å². The molecule has 0 aliphatic carbocycles. The van der Waals surface area contributed by atoms with E-state index < -0.39 is 0 Å². The van der Waals surface area contributed by atoms with Gasteiger partial charge in [-0.1, -0.05) is 35.3 Å². The number of carbonyl (C=O) groups is 1. The molecule has 2 aromatic rings. The molecule has 26 heavy (non-hydrogen) atoms. The van der Waals surface area contributed by atoms with Gasteiger partial charge in [-0.2, -0.15) is 0 Å². The largest absolute Gasteiger partial charge is 0.369 e. The standard InChI is InChI=1S/C20H21Cl2N3O/c1-23-6-8-24(9-7-23)17-10-15-13-25(20(26)19(15)18(22)11-17)12-14-2-4-16(21)5-3-14/h2-5,10-11H,6-9,12-13H2,1H3. The van der Waals surface area contributed by atoms with Crippen LogP contribution in [0, 0.1) is 0 Å². The van der Waals surface area contributed by atoms with Gasteiger partial charge in [0.15, 0.2) is 0 Å². The maximum atomic E-state index is 12.8. The van der Waals surface area contributed by atoms with E-state index in [1.807, 2.05) is 35.2 Å². The second kappa shape index (κ2) is 7.10. The Balaban J connectivity index is 1.55. The minimum Gasteiger partial charge on any atom is -0.369 e. The van der Waals surface area contributed by atoms with Crippen LogP contribution in [0.5, 0.6) is 0 Å². The van der Waals surface area contributed by atoms with Gasteiger partial charge in [-0.25, -0.2) is 0 Å². The van der Waals surface area contributed by atoms with E-state index in [9.17, 15) is 4.79 Å². The third kappa shape index (κ3) is 3.41. The number of hydrogen-bond donors (Lipinski definition) is 0. The summed E-state index contributed by atoms with van der Waals surface area (Å²) in [5.74, 6) is 0.00452. The van der Waals surface area contributed by atoms with E-state index in [-0.39, 0.29) is 5.91 Å². The molecule has 0 atom stereocenters. The average molecular weight is 390 g/mol. The van der Waals surface area contributed by atoms with Gasteiger partial charge < -0.3 is 14.7 Å². The summed E-state index contributed by atoms with van der Waals surface area (Å²) in [5, 5.41) is 1.25. The number of anilines is 1. The highest BCUT2D eigenvalue weighted by Crippen LogP contribution is 2.34. The summed E-state index contributed by atoms with van der Waals surface area (Å²) in [6.07, 6.45) is 0. The van der Waals surface area contributed by atoms with Crippen molar-refractivity contribution in [3.8, 4) is 0 Å². The molecule has 2 aromatic carbocycles. The van der Waals surface area contributed by atoms with Crippen molar-refractivity contribution in [2.45, 2.75) is 13.1 Å². The van der Waals surface area contributed by atoms with Gasteiger partial charge in [0.2, 0.25) is 0 Å². The lowest BCUT2D eigenvalue weighted by Gasteiger charge is -2.34. The van der Waals surface area contributed by atoms with Gasteiger partial charge in [0, 0.05) is 50.0 Å². The van der Waals surface area contributed by atoms with Crippen molar-refractivity contribution in [2.24, 2.45) is 0 Å². The Morgan fingerprint density at radius 2 is 1.69 bits per heavy atom. The van der Waals surface area contributed by atoms with Crippen LogP contribution >= 0.6 is 23.2 Å². The Hall–Kier alpha value is -1.75. The lowest BCUT2D eigenvalue weighted by atomic mass is 10.1. The number of amides is 1.